The number of hydrogen-bond acceptors (Lipinski definition) is 3. The minimum atomic E-state index is -0.316. The highest BCUT2D eigenvalue weighted by molar-refractivity contribution is 7.14. The maximum atomic E-state index is 12.2. The number of nitrogens with one attached hydrogen (secondary N) is 2. The van der Waals surface area contributed by atoms with E-state index in [2.05, 4.69) is 17.8 Å². The van der Waals surface area contributed by atoms with Crippen LogP contribution < -0.4 is 10.9 Å². The van der Waals surface area contributed by atoms with E-state index in [-0.39, 0.29) is 11.8 Å². The van der Waals surface area contributed by atoms with E-state index in [0.717, 1.165) is 12.8 Å². The Morgan fingerprint density at radius 2 is 1.86 bits per heavy atom. The Hall–Kier alpha value is -2.14. The Morgan fingerprint density at radius 3 is 2.64 bits per heavy atom. The summed E-state index contributed by atoms with van der Waals surface area (Å²) in [6.07, 6.45) is 3.26. The molecule has 4 nitrogen and oxygen atoms in total. The zero-order valence-corrected chi connectivity index (χ0v) is 13.2. The lowest BCUT2D eigenvalue weighted by molar-refractivity contribution is 0.0849. The standard InChI is InChI=1S/C17H18N2O2S/c1-11-7-8-14-13(9-11)10-15(22-14)17(21)19-18-16(20)12-5-3-2-4-6-12/h2-6,10-11H,7-9H2,1H3,(H,18,20)(H,19,21)/t11-/m0/s1. The predicted molar refractivity (Wildman–Crippen MR) is 86.9 cm³/mol. The summed E-state index contributed by atoms with van der Waals surface area (Å²) in [6, 6.07) is 10.8. The van der Waals surface area contributed by atoms with Crippen LogP contribution in [0.3, 0.4) is 0 Å². The van der Waals surface area contributed by atoms with Gasteiger partial charge in [-0.2, -0.15) is 0 Å². The fraction of sp³-hybridized carbons (Fsp3) is 0.294. The van der Waals surface area contributed by atoms with E-state index in [1.54, 1.807) is 24.3 Å². The molecule has 0 saturated carbocycles. The molecule has 0 saturated heterocycles. The Balaban J connectivity index is 1.62. The van der Waals surface area contributed by atoms with Crippen molar-refractivity contribution in [1.29, 1.82) is 0 Å². The molecule has 0 aliphatic heterocycles. The van der Waals surface area contributed by atoms with Crippen molar-refractivity contribution in [3.63, 3.8) is 0 Å². The summed E-state index contributed by atoms with van der Waals surface area (Å²) < 4.78 is 0. The molecule has 2 aromatic rings. The second kappa shape index (κ2) is 6.32. The van der Waals surface area contributed by atoms with Crippen molar-refractivity contribution in [2.24, 2.45) is 5.92 Å². The van der Waals surface area contributed by atoms with Crippen molar-refractivity contribution in [2.45, 2.75) is 26.2 Å². The van der Waals surface area contributed by atoms with E-state index in [0.29, 0.717) is 16.4 Å². The minimum Gasteiger partial charge on any atom is -0.267 e. The average Bonchev–Trinajstić information content (AvgIpc) is 2.96. The Kier molecular flexibility index (Phi) is 4.24. The van der Waals surface area contributed by atoms with Crippen LogP contribution in [0, 0.1) is 5.92 Å². The summed E-state index contributed by atoms with van der Waals surface area (Å²) in [5.41, 5.74) is 6.74. The van der Waals surface area contributed by atoms with Crippen LogP contribution in [0.5, 0.6) is 0 Å². The number of amides is 2. The van der Waals surface area contributed by atoms with Gasteiger partial charge in [0.25, 0.3) is 11.8 Å². The van der Waals surface area contributed by atoms with Crippen molar-refractivity contribution >= 4 is 23.2 Å². The molecule has 2 N–H and O–H groups in total. The van der Waals surface area contributed by atoms with Crippen LogP contribution in [0.15, 0.2) is 36.4 Å². The summed E-state index contributed by atoms with van der Waals surface area (Å²) in [5, 5.41) is 0. The van der Waals surface area contributed by atoms with E-state index in [1.165, 1.54) is 28.2 Å². The van der Waals surface area contributed by atoms with Crippen molar-refractivity contribution in [2.75, 3.05) is 0 Å². The number of benzene rings is 1. The molecular weight excluding hydrogens is 296 g/mol. The minimum absolute atomic E-state index is 0.253. The van der Waals surface area contributed by atoms with E-state index < -0.39 is 0 Å². The van der Waals surface area contributed by atoms with Crippen LogP contribution in [0.4, 0.5) is 0 Å². The molecule has 22 heavy (non-hydrogen) atoms. The normalized spacial score (nSPS) is 16.7. The molecule has 1 aromatic carbocycles. The number of hydrogen-bond donors (Lipinski definition) is 2. The number of thiophene rings is 1. The van der Waals surface area contributed by atoms with Gasteiger partial charge in [-0.25, -0.2) is 0 Å². The first-order valence-corrected chi connectivity index (χ1v) is 8.22. The van der Waals surface area contributed by atoms with E-state index in [1.807, 2.05) is 12.1 Å². The van der Waals surface area contributed by atoms with Crippen molar-refractivity contribution in [3.05, 3.63) is 57.3 Å². The first kappa shape index (κ1) is 14.8. The van der Waals surface area contributed by atoms with Crippen molar-refractivity contribution in [3.8, 4) is 0 Å². The van der Waals surface area contributed by atoms with Gasteiger partial charge in [0.15, 0.2) is 0 Å². The molecule has 5 heteroatoms. The van der Waals surface area contributed by atoms with Crippen LogP contribution in [0.2, 0.25) is 0 Å². The first-order chi connectivity index (χ1) is 10.6. The highest BCUT2D eigenvalue weighted by Gasteiger charge is 2.20. The van der Waals surface area contributed by atoms with Gasteiger partial charge in [-0.1, -0.05) is 25.1 Å². The molecule has 1 aliphatic carbocycles. The third-order valence-electron chi connectivity index (χ3n) is 3.88. The molecule has 1 atom stereocenters. The first-order valence-electron chi connectivity index (χ1n) is 7.41. The van der Waals surface area contributed by atoms with Crippen LogP contribution in [-0.2, 0) is 12.8 Å². The maximum Gasteiger partial charge on any atom is 0.279 e. The third kappa shape index (κ3) is 3.20. The molecule has 114 valence electrons. The third-order valence-corrected chi connectivity index (χ3v) is 5.11. The molecule has 0 radical (unpaired) electrons. The van der Waals surface area contributed by atoms with Crippen LogP contribution in [0.25, 0.3) is 0 Å². The fourth-order valence-electron chi connectivity index (χ4n) is 2.65. The number of carbonyl (C=O) groups is 2. The number of rotatable bonds is 2. The van der Waals surface area contributed by atoms with Crippen LogP contribution >= 0.6 is 11.3 Å². The molecule has 0 fully saturated rings. The molecule has 3 rings (SSSR count). The fourth-order valence-corrected chi connectivity index (χ4v) is 3.76. The van der Waals surface area contributed by atoms with Gasteiger partial charge < -0.3 is 0 Å². The number of fused-ring (bicyclic) bond motifs is 1. The summed E-state index contributed by atoms with van der Waals surface area (Å²) in [5.74, 6) is 0.107. The second-order valence-electron chi connectivity index (χ2n) is 5.68. The van der Waals surface area contributed by atoms with Gasteiger partial charge in [-0.05, 0) is 48.9 Å². The Labute approximate surface area is 133 Å². The zero-order chi connectivity index (χ0) is 15.5. The van der Waals surface area contributed by atoms with E-state index in [4.69, 9.17) is 0 Å². The highest BCUT2D eigenvalue weighted by Crippen LogP contribution is 2.32. The van der Waals surface area contributed by atoms with Gasteiger partial charge in [0.2, 0.25) is 0 Å². The Bertz CT molecular complexity index is 694. The van der Waals surface area contributed by atoms with Crippen LogP contribution in [0.1, 0.15) is 43.8 Å². The van der Waals surface area contributed by atoms with Crippen molar-refractivity contribution in [1.82, 2.24) is 10.9 Å². The zero-order valence-electron chi connectivity index (χ0n) is 12.4. The lowest BCUT2D eigenvalue weighted by Gasteiger charge is -2.16. The number of aryl methyl sites for hydroxylation is 1. The topological polar surface area (TPSA) is 58.2 Å². The largest absolute Gasteiger partial charge is 0.279 e. The molecule has 1 heterocycles. The van der Waals surface area contributed by atoms with Gasteiger partial charge in [0, 0.05) is 10.4 Å². The summed E-state index contributed by atoms with van der Waals surface area (Å²) >= 11 is 1.53. The molecule has 1 aromatic heterocycles. The molecular formula is C17H18N2O2S. The molecule has 0 spiro atoms. The van der Waals surface area contributed by atoms with E-state index >= 15 is 0 Å². The summed E-state index contributed by atoms with van der Waals surface area (Å²) in [4.78, 5) is 26.0. The van der Waals surface area contributed by atoms with Gasteiger partial charge in [-0.3, -0.25) is 20.4 Å². The highest BCUT2D eigenvalue weighted by atomic mass is 32.1. The number of carbonyl (C=O) groups excluding carboxylic acids is 2. The van der Waals surface area contributed by atoms with Gasteiger partial charge in [0.1, 0.15) is 0 Å². The Morgan fingerprint density at radius 1 is 1.14 bits per heavy atom. The lowest BCUT2D eigenvalue weighted by Crippen LogP contribution is -2.41. The number of hydrazine groups is 1. The summed E-state index contributed by atoms with van der Waals surface area (Å²) in [7, 11) is 0. The van der Waals surface area contributed by atoms with Gasteiger partial charge in [-0.15, -0.1) is 11.3 Å². The molecule has 0 bridgehead atoms. The second-order valence-corrected chi connectivity index (χ2v) is 6.82. The quantitative estimate of drug-likeness (QED) is 0.837. The molecule has 1 aliphatic rings. The molecule has 2 amide bonds. The summed E-state index contributed by atoms with van der Waals surface area (Å²) in [6.45, 7) is 2.24. The van der Waals surface area contributed by atoms with Crippen LogP contribution in [-0.4, -0.2) is 11.8 Å². The monoisotopic (exact) mass is 314 g/mol. The smallest absolute Gasteiger partial charge is 0.267 e. The molecule has 0 unspecified atom stereocenters. The van der Waals surface area contributed by atoms with Gasteiger partial charge >= 0.3 is 0 Å². The van der Waals surface area contributed by atoms with Gasteiger partial charge in [0.05, 0.1) is 4.88 Å². The average molecular weight is 314 g/mol. The van der Waals surface area contributed by atoms with Crippen molar-refractivity contribution < 1.29 is 9.59 Å². The van der Waals surface area contributed by atoms with E-state index in [9.17, 15) is 9.59 Å². The maximum absolute atomic E-state index is 12.2. The lowest BCUT2D eigenvalue weighted by atomic mass is 9.90. The predicted octanol–water partition coefficient (Wildman–Crippen LogP) is 2.95. The SMILES string of the molecule is C[C@H]1CCc2sc(C(=O)NNC(=O)c3ccccc3)cc2C1.